The number of carbonyl (C=O) groups excluding carboxylic acids is 1. The molecule has 1 aromatic carbocycles. The monoisotopic (exact) mass is 219 g/mol. The van der Waals surface area contributed by atoms with Gasteiger partial charge in [0, 0.05) is 5.56 Å². The molecule has 1 rings (SSSR count). The van der Waals surface area contributed by atoms with Gasteiger partial charge in [0.15, 0.2) is 5.78 Å². The van der Waals surface area contributed by atoms with Crippen molar-refractivity contribution in [3.63, 3.8) is 0 Å². The molecule has 0 aliphatic carbocycles. The lowest BCUT2D eigenvalue weighted by Gasteiger charge is -2.12. The van der Waals surface area contributed by atoms with E-state index in [0.717, 1.165) is 5.56 Å². The largest absolute Gasteiger partial charge is 0.496 e. The molecule has 1 aromatic rings. The van der Waals surface area contributed by atoms with E-state index in [1.807, 2.05) is 6.07 Å². The normalized spacial score (nSPS) is 9.38. The lowest BCUT2D eigenvalue weighted by atomic mass is 10.0. The van der Waals surface area contributed by atoms with Crippen LogP contribution < -0.4 is 9.47 Å². The number of rotatable bonds is 4. The van der Waals surface area contributed by atoms with Gasteiger partial charge in [0.25, 0.3) is 0 Å². The summed E-state index contributed by atoms with van der Waals surface area (Å²) in [4.78, 5) is 11.6. The second-order valence-electron chi connectivity index (χ2n) is 3.23. The first-order valence-corrected chi connectivity index (χ1v) is 4.77. The van der Waals surface area contributed by atoms with Crippen molar-refractivity contribution >= 4 is 5.78 Å². The van der Waals surface area contributed by atoms with Crippen molar-refractivity contribution in [2.45, 2.75) is 13.3 Å². The topological polar surface area (TPSA) is 59.3 Å². The Balaban J connectivity index is 3.27. The van der Waals surface area contributed by atoms with Gasteiger partial charge in [-0.2, -0.15) is 5.26 Å². The molecular formula is C12H13NO3. The smallest absolute Gasteiger partial charge is 0.180 e. The van der Waals surface area contributed by atoms with E-state index in [2.05, 4.69) is 0 Å². The molecule has 0 atom stereocenters. The van der Waals surface area contributed by atoms with E-state index in [-0.39, 0.29) is 12.2 Å². The zero-order chi connectivity index (χ0) is 12.1. The number of hydrogen-bond donors (Lipinski definition) is 0. The average molecular weight is 219 g/mol. The summed E-state index contributed by atoms with van der Waals surface area (Å²) >= 11 is 0. The molecule has 4 nitrogen and oxygen atoms in total. The zero-order valence-corrected chi connectivity index (χ0v) is 9.53. The van der Waals surface area contributed by atoms with Crippen LogP contribution in [0.3, 0.4) is 0 Å². The summed E-state index contributed by atoms with van der Waals surface area (Å²) < 4.78 is 10.3. The zero-order valence-electron chi connectivity index (χ0n) is 9.53. The summed E-state index contributed by atoms with van der Waals surface area (Å²) in [7, 11) is 3.05. The van der Waals surface area contributed by atoms with Gasteiger partial charge in [-0.25, -0.2) is 0 Å². The highest BCUT2D eigenvalue weighted by Gasteiger charge is 2.16. The summed E-state index contributed by atoms with van der Waals surface area (Å²) in [5.74, 6) is 0.884. The molecule has 0 radical (unpaired) electrons. The van der Waals surface area contributed by atoms with Crippen LogP contribution in [0.5, 0.6) is 11.5 Å². The van der Waals surface area contributed by atoms with Crippen molar-refractivity contribution in [3.8, 4) is 17.6 Å². The standard InChI is InChI=1S/C12H13NO3/c1-8-11(15-2)5-4-9(12(8)16-3)10(14)6-7-13/h4-5H,6H2,1-3H3. The average Bonchev–Trinajstić information content (AvgIpc) is 2.28. The van der Waals surface area contributed by atoms with Crippen LogP contribution in [0.1, 0.15) is 22.3 Å². The second-order valence-corrected chi connectivity index (χ2v) is 3.23. The SMILES string of the molecule is COc1ccc(C(=O)CC#N)c(OC)c1C. The first-order valence-electron chi connectivity index (χ1n) is 4.77. The van der Waals surface area contributed by atoms with Gasteiger partial charge in [-0.1, -0.05) is 0 Å². The summed E-state index contributed by atoms with van der Waals surface area (Å²) in [6.07, 6.45) is -0.151. The van der Waals surface area contributed by atoms with E-state index in [4.69, 9.17) is 14.7 Å². The number of ketones is 1. The van der Waals surface area contributed by atoms with E-state index >= 15 is 0 Å². The van der Waals surface area contributed by atoms with Crippen LogP contribution in [0.2, 0.25) is 0 Å². The van der Waals surface area contributed by atoms with Crippen LogP contribution >= 0.6 is 0 Å². The molecule has 0 unspecified atom stereocenters. The number of methoxy groups -OCH3 is 2. The Labute approximate surface area is 94.4 Å². The maximum absolute atomic E-state index is 11.6. The van der Waals surface area contributed by atoms with E-state index < -0.39 is 0 Å². The Kier molecular flexibility index (Phi) is 3.90. The predicted octanol–water partition coefficient (Wildman–Crippen LogP) is 2.11. The number of hydrogen-bond acceptors (Lipinski definition) is 4. The number of benzene rings is 1. The van der Waals surface area contributed by atoms with Gasteiger partial charge in [-0.15, -0.1) is 0 Å². The molecule has 0 N–H and O–H groups in total. The Morgan fingerprint density at radius 3 is 2.56 bits per heavy atom. The number of nitrogens with zero attached hydrogens (tertiary/aromatic N) is 1. The lowest BCUT2D eigenvalue weighted by Crippen LogP contribution is -2.03. The maximum atomic E-state index is 11.6. The highest BCUT2D eigenvalue weighted by atomic mass is 16.5. The molecule has 0 aromatic heterocycles. The highest BCUT2D eigenvalue weighted by molar-refractivity contribution is 6.00. The number of Topliss-reactive ketones (excluding diaryl/α,β-unsaturated/α-hetero) is 1. The van der Waals surface area contributed by atoms with Gasteiger partial charge in [-0.05, 0) is 19.1 Å². The summed E-state index contributed by atoms with van der Waals surface area (Å²) in [5, 5.41) is 8.50. The molecule has 0 heterocycles. The van der Waals surface area contributed by atoms with Crippen molar-refractivity contribution in [2.75, 3.05) is 14.2 Å². The molecular weight excluding hydrogens is 206 g/mol. The molecule has 0 bridgehead atoms. The van der Waals surface area contributed by atoms with Crippen molar-refractivity contribution in [1.29, 1.82) is 5.26 Å². The van der Waals surface area contributed by atoms with E-state index in [0.29, 0.717) is 17.1 Å². The third kappa shape index (κ3) is 2.14. The van der Waals surface area contributed by atoms with Gasteiger partial charge >= 0.3 is 0 Å². The first kappa shape index (κ1) is 12.1. The van der Waals surface area contributed by atoms with Gasteiger partial charge in [0.1, 0.15) is 11.5 Å². The number of carbonyl (C=O) groups is 1. The molecule has 84 valence electrons. The van der Waals surface area contributed by atoms with Gasteiger partial charge in [0.05, 0.1) is 32.3 Å². The molecule has 0 fully saturated rings. The van der Waals surface area contributed by atoms with Crippen LogP contribution in [0.4, 0.5) is 0 Å². The molecule has 0 saturated carbocycles. The molecule has 0 aliphatic heterocycles. The Morgan fingerprint density at radius 1 is 1.38 bits per heavy atom. The van der Waals surface area contributed by atoms with Crippen LogP contribution in [-0.2, 0) is 0 Å². The van der Waals surface area contributed by atoms with Crippen molar-refractivity contribution < 1.29 is 14.3 Å². The van der Waals surface area contributed by atoms with E-state index in [1.54, 1.807) is 26.2 Å². The van der Waals surface area contributed by atoms with Gasteiger partial charge < -0.3 is 9.47 Å². The second kappa shape index (κ2) is 5.17. The van der Waals surface area contributed by atoms with Crippen LogP contribution in [-0.4, -0.2) is 20.0 Å². The molecule has 4 heteroatoms. The van der Waals surface area contributed by atoms with Crippen molar-refractivity contribution in [1.82, 2.24) is 0 Å². The fourth-order valence-electron chi connectivity index (χ4n) is 1.54. The minimum absolute atomic E-state index is 0.151. The summed E-state index contributed by atoms with van der Waals surface area (Å²) in [6.45, 7) is 1.81. The molecule has 16 heavy (non-hydrogen) atoms. The Hall–Kier alpha value is -2.02. The quantitative estimate of drug-likeness (QED) is 0.727. The summed E-state index contributed by atoms with van der Waals surface area (Å²) in [5.41, 5.74) is 1.18. The van der Waals surface area contributed by atoms with Crippen LogP contribution in [0, 0.1) is 18.3 Å². The van der Waals surface area contributed by atoms with Crippen molar-refractivity contribution in [3.05, 3.63) is 23.3 Å². The Bertz CT molecular complexity index is 446. The summed E-state index contributed by atoms with van der Waals surface area (Å²) in [6, 6.07) is 5.14. The molecule has 0 amide bonds. The van der Waals surface area contributed by atoms with E-state index in [9.17, 15) is 4.79 Å². The maximum Gasteiger partial charge on any atom is 0.180 e. The lowest BCUT2D eigenvalue weighted by molar-refractivity contribution is 0.0994. The number of nitriles is 1. The number of ether oxygens (including phenoxy) is 2. The highest BCUT2D eigenvalue weighted by Crippen LogP contribution is 2.31. The van der Waals surface area contributed by atoms with Crippen LogP contribution in [0.15, 0.2) is 12.1 Å². The minimum Gasteiger partial charge on any atom is -0.496 e. The Morgan fingerprint density at radius 2 is 2.06 bits per heavy atom. The first-order chi connectivity index (χ1) is 7.65. The fourth-order valence-corrected chi connectivity index (χ4v) is 1.54. The van der Waals surface area contributed by atoms with E-state index in [1.165, 1.54) is 7.11 Å². The van der Waals surface area contributed by atoms with Crippen LogP contribution in [0.25, 0.3) is 0 Å². The van der Waals surface area contributed by atoms with Gasteiger partial charge in [-0.3, -0.25) is 4.79 Å². The van der Waals surface area contributed by atoms with Gasteiger partial charge in [0.2, 0.25) is 0 Å². The minimum atomic E-state index is -0.245. The predicted molar refractivity (Wildman–Crippen MR) is 58.8 cm³/mol. The molecule has 0 aliphatic rings. The molecule has 0 saturated heterocycles. The fraction of sp³-hybridized carbons (Fsp3) is 0.333. The third-order valence-corrected chi connectivity index (χ3v) is 2.32. The third-order valence-electron chi connectivity index (χ3n) is 2.32. The molecule has 0 spiro atoms. The van der Waals surface area contributed by atoms with Crippen molar-refractivity contribution in [2.24, 2.45) is 0 Å².